The first-order valence-electron chi connectivity index (χ1n) is 7.06. The van der Waals surface area contributed by atoms with Gasteiger partial charge in [0, 0.05) is 13.2 Å². The minimum atomic E-state index is 0.277. The van der Waals surface area contributed by atoms with Crippen molar-refractivity contribution in [3.8, 4) is 0 Å². The van der Waals surface area contributed by atoms with Gasteiger partial charge >= 0.3 is 0 Å². The molecule has 0 aliphatic rings. The molecule has 0 saturated heterocycles. The van der Waals surface area contributed by atoms with Crippen molar-refractivity contribution in [2.24, 2.45) is 5.92 Å². The summed E-state index contributed by atoms with van der Waals surface area (Å²) >= 11 is 0. The van der Waals surface area contributed by atoms with E-state index in [1.807, 2.05) is 0 Å². The molecule has 0 rings (SSSR count). The first-order valence-corrected chi connectivity index (χ1v) is 7.06. The molecule has 0 bridgehead atoms. The summed E-state index contributed by atoms with van der Waals surface area (Å²) in [4.78, 5) is 0. The Balaban J connectivity index is 3.14. The second-order valence-corrected chi connectivity index (χ2v) is 5.06. The molecule has 104 valence electrons. The molecule has 0 amide bonds. The van der Waals surface area contributed by atoms with Crippen molar-refractivity contribution in [1.82, 2.24) is 5.32 Å². The predicted molar refractivity (Wildman–Crippen MR) is 73.5 cm³/mol. The zero-order valence-electron chi connectivity index (χ0n) is 12.1. The topological polar surface area (TPSA) is 30.5 Å². The van der Waals surface area contributed by atoms with Crippen molar-refractivity contribution in [3.05, 3.63) is 0 Å². The third-order valence-corrected chi connectivity index (χ3v) is 2.47. The van der Waals surface area contributed by atoms with Crippen molar-refractivity contribution in [3.63, 3.8) is 0 Å². The molecule has 0 aromatic carbocycles. The van der Waals surface area contributed by atoms with E-state index in [-0.39, 0.29) is 6.10 Å². The van der Waals surface area contributed by atoms with Gasteiger partial charge < -0.3 is 14.8 Å². The van der Waals surface area contributed by atoms with Crippen molar-refractivity contribution in [2.75, 3.05) is 32.9 Å². The summed E-state index contributed by atoms with van der Waals surface area (Å²) in [5, 5.41) is 3.41. The molecule has 0 heterocycles. The van der Waals surface area contributed by atoms with Crippen LogP contribution in [0.15, 0.2) is 0 Å². The van der Waals surface area contributed by atoms with Crippen molar-refractivity contribution in [2.45, 2.75) is 53.1 Å². The Morgan fingerprint density at radius 1 is 1.06 bits per heavy atom. The molecule has 0 saturated carbocycles. The van der Waals surface area contributed by atoms with Gasteiger partial charge in [0.15, 0.2) is 0 Å². The highest BCUT2D eigenvalue weighted by Crippen LogP contribution is 1.95. The zero-order valence-corrected chi connectivity index (χ0v) is 12.1. The Morgan fingerprint density at radius 2 is 1.82 bits per heavy atom. The average molecular weight is 245 g/mol. The summed E-state index contributed by atoms with van der Waals surface area (Å²) < 4.78 is 11.1. The molecule has 0 aromatic heterocycles. The van der Waals surface area contributed by atoms with E-state index in [2.05, 4.69) is 33.0 Å². The van der Waals surface area contributed by atoms with Gasteiger partial charge in [0.2, 0.25) is 0 Å². The largest absolute Gasteiger partial charge is 0.379 e. The molecule has 1 N–H and O–H groups in total. The summed E-state index contributed by atoms with van der Waals surface area (Å²) in [5.41, 5.74) is 0. The number of hydrogen-bond acceptors (Lipinski definition) is 3. The van der Waals surface area contributed by atoms with Crippen LogP contribution in [0.3, 0.4) is 0 Å². The molecule has 3 heteroatoms. The van der Waals surface area contributed by atoms with Crippen LogP contribution in [0, 0.1) is 5.92 Å². The van der Waals surface area contributed by atoms with Crippen molar-refractivity contribution in [1.29, 1.82) is 0 Å². The van der Waals surface area contributed by atoms with Crippen LogP contribution in [-0.4, -0.2) is 39.0 Å². The van der Waals surface area contributed by atoms with Crippen LogP contribution < -0.4 is 5.32 Å². The molecule has 17 heavy (non-hydrogen) atoms. The van der Waals surface area contributed by atoms with Gasteiger partial charge in [0.05, 0.1) is 19.3 Å². The molecule has 0 fully saturated rings. The van der Waals surface area contributed by atoms with E-state index in [1.165, 1.54) is 19.3 Å². The first-order chi connectivity index (χ1) is 8.16. The van der Waals surface area contributed by atoms with E-state index in [0.29, 0.717) is 19.1 Å². The number of unbranched alkanes of at least 4 members (excludes halogenated alkanes) is 2. The lowest BCUT2D eigenvalue weighted by Gasteiger charge is -2.14. The van der Waals surface area contributed by atoms with Gasteiger partial charge in [-0.3, -0.25) is 0 Å². The Hall–Kier alpha value is -0.120. The van der Waals surface area contributed by atoms with Gasteiger partial charge in [0.1, 0.15) is 0 Å². The van der Waals surface area contributed by atoms with Crippen LogP contribution in [-0.2, 0) is 9.47 Å². The maximum atomic E-state index is 5.64. The molecule has 1 atom stereocenters. The molecule has 1 unspecified atom stereocenters. The van der Waals surface area contributed by atoms with Crippen LogP contribution in [0.2, 0.25) is 0 Å². The molecule has 0 spiro atoms. The summed E-state index contributed by atoms with van der Waals surface area (Å²) in [6, 6.07) is 0. The number of nitrogens with one attached hydrogen (secondary N) is 1. The van der Waals surface area contributed by atoms with E-state index >= 15 is 0 Å². The van der Waals surface area contributed by atoms with E-state index in [9.17, 15) is 0 Å². The molecule has 0 aromatic rings. The lowest BCUT2D eigenvalue weighted by atomic mass is 10.2. The van der Waals surface area contributed by atoms with Gasteiger partial charge in [-0.25, -0.2) is 0 Å². The second-order valence-electron chi connectivity index (χ2n) is 5.06. The van der Waals surface area contributed by atoms with Crippen molar-refractivity contribution >= 4 is 0 Å². The van der Waals surface area contributed by atoms with E-state index < -0.39 is 0 Å². The molecule has 0 aliphatic carbocycles. The van der Waals surface area contributed by atoms with Gasteiger partial charge in [-0.2, -0.15) is 0 Å². The smallest absolute Gasteiger partial charge is 0.0704 e. The highest BCUT2D eigenvalue weighted by molar-refractivity contribution is 4.55. The van der Waals surface area contributed by atoms with Crippen LogP contribution in [0.5, 0.6) is 0 Å². The Morgan fingerprint density at radius 3 is 2.47 bits per heavy atom. The highest BCUT2D eigenvalue weighted by atomic mass is 16.5. The second kappa shape index (κ2) is 12.3. The molecular weight excluding hydrogens is 214 g/mol. The summed E-state index contributed by atoms with van der Waals surface area (Å²) in [6.07, 6.45) is 4.13. The molecule has 0 aliphatic heterocycles. The van der Waals surface area contributed by atoms with Crippen LogP contribution in [0.4, 0.5) is 0 Å². The monoisotopic (exact) mass is 245 g/mol. The van der Waals surface area contributed by atoms with Gasteiger partial charge in [0.25, 0.3) is 0 Å². The first kappa shape index (κ1) is 16.9. The Labute approximate surface area is 107 Å². The van der Waals surface area contributed by atoms with Crippen molar-refractivity contribution < 1.29 is 9.47 Å². The summed E-state index contributed by atoms with van der Waals surface area (Å²) in [5.74, 6) is 0.604. The van der Waals surface area contributed by atoms with Crippen LogP contribution >= 0.6 is 0 Å². The fourth-order valence-electron chi connectivity index (χ4n) is 1.49. The molecular formula is C14H31NO2. The third-order valence-electron chi connectivity index (χ3n) is 2.47. The van der Waals surface area contributed by atoms with Gasteiger partial charge in [-0.05, 0) is 25.8 Å². The normalized spacial score (nSPS) is 13.2. The molecule has 3 nitrogen and oxygen atoms in total. The quantitative estimate of drug-likeness (QED) is 0.536. The lowest BCUT2D eigenvalue weighted by molar-refractivity contribution is 0.00676. The third kappa shape index (κ3) is 13.8. The molecule has 0 radical (unpaired) electrons. The van der Waals surface area contributed by atoms with Gasteiger partial charge in [-0.1, -0.05) is 33.6 Å². The lowest BCUT2D eigenvalue weighted by Crippen LogP contribution is -2.28. The van der Waals surface area contributed by atoms with Crippen LogP contribution in [0.25, 0.3) is 0 Å². The van der Waals surface area contributed by atoms with E-state index in [1.54, 1.807) is 0 Å². The maximum absolute atomic E-state index is 5.64. The SMILES string of the molecule is CCCCCNCC(C)OCCOCC(C)C. The predicted octanol–water partition coefficient (Wildman–Crippen LogP) is 2.84. The standard InChI is InChI=1S/C14H31NO2/c1-5-6-7-8-15-11-14(4)17-10-9-16-12-13(2)3/h13-15H,5-12H2,1-4H3. The fourth-order valence-corrected chi connectivity index (χ4v) is 1.49. The van der Waals surface area contributed by atoms with Gasteiger partial charge in [-0.15, -0.1) is 0 Å². The minimum absolute atomic E-state index is 0.277. The van der Waals surface area contributed by atoms with E-state index in [4.69, 9.17) is 9.47 Å². The number of rotatable bonds is 12. The average Bonchev–Trinajstić information content (AvgIpc) is 2.28. The zero-order chi connectivity index (χ0) is 12.9. The highest BCUT2D eigenvalue weighted by Gasteiger charge is 2.01. The fraction of sp³-hybridized carbons (Fsp3) is 1.00. The van der Waals surface area contributed by atoms with Crippen LogP contribution in [0.1, 0.15) is 47.0 Å². The number of ether oxygens (including phenoxy) is 2. The summed E-state index contributed by atoms with van der Waals surface area (Å²) in [7, 11) is 0. The minimum Gasteiger partial charge on any atom is -0.379 e. The van der Waals surface area contributed by atoms with E-state index in [0.717, 1.165) is 19.7 Å². The maximum Gasteiger partial charge on any atom is 0.0704 e. The number of hydrogen-bond donors (Lipinski definition) is 1. The summed E-state index contributed by atoms with van der Waals surface area (Å²) in [6.45, 7) is 12.9. The Kier molecular flexibility index (Phi) is 12.3. The Bertz CT molecular complexity index is 151.